The Kier molecular flexibility index (Phi) is 6.49. The van der Waals surface area contributed by atoms with Crippen molar-refractivity contribution in [3.05, 3.63) is 12.2 Å². The second kappa shape index (κ2) is 6.50. The summed E-state index contributed by atoms with van der Waals surface area (Å²) in [4.78, 5) is 2.27. The third-order valence-electron chi connectivity index (χ3n) is 1.77. The predicted octanol–water partition coefficient (Wildman–Crippen LogP) is 2.76. The first-order chi connectivity index (χ1) is 5.56. The van der Waals surface area contributed by atoms with Gasteiger partial charge < -0.3 is 4.90 Å². The summed E-state index contributed by atoms with van der Waals surface area (Å²) < 4.78 is 0. The van der Waals surface area contributed by atoms with Crippen molar-refractivity contribution >= 4 is 11.6 Å². The second-order valence-corrected chi connectivity index (χ2v) is 4.07. The first-order valence-corrected chi connectivity index (χ1v) is 5.01. The topological polar surface area (TPSA) is 3.24 Å². The lowest BCUT2D eigenvalue weighted by molar-refractivity contribution is 0.334. The second-order valence-electron chi connectivity index (χ2n) is 3.80. The van der Waals surface area contributed by atoms with Gasteiger partial charge in [-0.25, -0.2) is 0 Å². The average Bonchev–Trinajstić information content (AvgIpc) is 2.00. The predicted molar refractivity (Wildman–Crippen MR) is 56.8 cm³/mol. The SMILES string of the molecule is C=C(CCl)CN(C)CCC(C)C. The number of hydrogen-bond acceptors (Lipinski definition) is 1. The van der Waals surface area contributed by atoms with Crippen LogP contribution < -0.4 is 0 Å². The summed E-state index contributed by atoms with van der Waals surface area (Å²) in [5.74, 6) is 1.35. The molecule has 0 aromatic carbocycles. The third kappa shape index (κ3) is 6.68. The zero-order valence-electron chi connectivity index (χ0n) is 8.44. The van der Waals surface area contributed by atoms with Gasteiger partial charge in [0.25, 0.3) is 0 Å². The van der Waals surface area contributed by atoms with Gasteiger partial charge in [-0.15, -0.1) is 11.6 Å². The van der Waals surface area contributed by atoms with E-state index in [-0.39, 0.29) is 0 Å². The van der Waals surface area contributed by atoms with Gasteiger partial charge in [-0.2, -0.15) is 0 Å². The molecule has 0 aromatic heterocycles. The molecule has 72 valence electrons. The van der Waals surface area contributed by atoms with Gasteiger partial charge in [0, 0.05) is 12.4 Å². The van der Waals surface area contributed by atoms with Crippen molar-refractivity contribution in [2.24, 2.45) is 5.92 Å². The summed E-state index contributed by atoms with van der Waals surface area (Å²) in [6.07, 6.45) is 1.24. The average molecular weight is 190 g/mol. The normalized spacial score (nSPS) is 11.2. The smallest absolute Gasteiger partial charge is 0.0443 e. The molecule has 0 atom stereocenters. The summed E-state index contributed by atoms with van der Waals surface area (Å²) in [6.45, 7) is 10.4. The van der Waals surface area contributed by atoms with E-state index >= 15 is 0 Å². The molecular formula is C10H20ClN. The van der Waals surface area contributed by atoms with E-state index in [1.165, 1.54) is 6.42 Å². The molecule has 0 fully saturated rings. The van der Waals surface area contributed by atoms with Crippen LogP contribution in [-0.2, 0) is 0 Å². The highest BCUT2D eigenvalue weighted by molar-refractivity contribution is 6.19. The molecule has 0 N–H and O–H groups in total. The Morgan fingerprint density at radius 3 is 2.50 bits per heavy atom. The number of hydrogen-bond donors (Lipinski definition) is 0. The van der Waals surface area contributed by atoms with Gasteiger partial charge in [0.15, 0.2) is 0 Å². The molecular weight excluding hydrogens is 170 g/mol. The van der Waals surface area contributed by atoms with Gasteiger partial charge in [-0.05, 0) is 31.5 Å². The summed E-state index contributed by atoms with van der Waals surface area (Å²) in [6, 6.07) is 0. The maximum absolute atomic E-state index is 5.63. The first-order valence-electron chi connectivity index (χ1n) is 4.47. The number of rotatable bonds is 6. The van der Waals surface area contributed by atoms with Crippen molar-refractivity contribution in [3.8, 4) is 0 Å². The Morgan fingerprint density at radius 1 is 1.50 bits per heavy atom. The van der Waals surface area contributed by atoms with Crippen molar-refractivity contribution in [2.45, 2.75) is 20.3 Å². The third-order valence-corrected chi connectivity index (χ3v) is 2.15. The molecule has 0 radical (unpaired) electrons. The van der Waals surface area contributed by atoms with E-state index in [9.17, 15) is 0 Å². The Balaban J connectivity index is 3.45. The maximum atomic E-state index is 5.63. The largest absolute Gasteiger partial charge is 0.302 e. The number of likely N-dealkylation sites (N-methyl/N-ethyl adjacent to an activating group) is 1. The molecule has 0 aliphatic heterocycles. The lowest BCUT2D eigenvalue weighted by Crippen LogP contribution is -2.23. The zero-order chi connectivity index (χ0) is 9.56. The fourth-order valence-electron chi connectivity index (χ4n) is 0.982. The van der Waals surface area contributed by atoms with Crippen LogP contribution in [0.3, 0.4) is 0 Å². The zero-order valence-corrected chi connectivity index (χ0v) is 9.19. The minimum absolute atomic E-state index is 0.575. The molecule has 2 heteroatoms. The maximum Gasteiger partial charge on any atom is 0.0443 e. The van der Waals surface area contributed by atoms with Crippen LogP contribution in [0.2, 0.25) is 0 Å². The van der Waals surface area contributed by atoms with Crippen LogP contribution in [0.1, 0.15) is 20.3 Å². The molecule has 0 unspecified atom stereocenters. The monoisotopic (exact) mass is 189 g/mol. The summed E-state index contributed by atoms with van der Waals surface area (Å²) >= 11 is 5.63. The van der Waals surface area contributed by atoms with E-state index in [1.54, 1.807) is 0 Å². The van der Waals surface area contributed by atoms with Crippen molar-refractivity contribution in [1.29, 1.82) is 0 Å². The quantitative estimate of drug-likeness (QED) is 0.459. The highest BCUT2D eigenvalue weighted by atomic mass is 35.5. The van der Waals surface area contributed by atoms with Crippen LogP contribution >= 0.6 is 11.6 Å². The Morgan fingerprint density at radius 2 is 2.08 bits per heavy atom. The van der Waals surface area contributed by atoms with Crippen LogP contribution in [0.5, 0.6) is 0 Å². The van der Waals surface area contributed by atoms with Crippen LogP contribution in [0.25, 0.3) is 0 Å². The van der Waals surface area contributed by atoms with Gasteiger partial charge in [-0.3, -0.25) is 0 Å². The number of nitrogens with zero attached hydrogens (tertiary/aromatic N) is 1. The van der Waals surface area contributed by atoms with Crippen LogP contribution in [0.4, 0.5) is 0 Å². The molecule has 0 aliphatic rings. The molecule has 0 aliphatic carbocycles. The van der Waals surface area contributed by atoms with E-state index < -0.39 is 0 Å². The van der Waals surface area contributed by atoms with E-state index in [0.29, 0.717) is 5.88 Å². The van der Waals surface area contributed by atoms with Gasteiger partial charge >= 0.3 is 0 Å². The molecule has 12 heavy (non-hydrogen) atoms. The van der Waals surface area contributed by atoms with Gasteiger partial charge in [0.2, 0.25) is 0 Å². The number of halogens is 1. The van der Waals surface area contributed by atoms with Crippen molar-refractivity contribution in [3.63, 3.8) is 0 Å². The van der Waals surface area contributed by atoms with Gasteiger partial charge in [0.1, 0.15) is 0 Å². The van der Waals surface area contributed by atoms with Crippen LogP contribution in [0.15, 0.2) is 12.2 Å². The molecule has 0 spiro atoms. The first kappa shape index (κ1) is 12.0. The van der Waals surface area contributed by atoms with Crippen molar-refractivity contribution in [2.75, 3.05) is 26.0 Å². The molecule has 0 rings (SSSR count). The van der Waals surface area contributed by atoms with Crippen molar-refractivity contribution in [1.82, 2.24) is 4.90 Å². The van der Waals surface area contributed by atoms with Gasteiger partial charge in [0.05, 0.1) is 0 Å². The molecule has 0 saturated carbocycles. The molecule has 0 aromatic rings. The lowest BCUT2D eigenvalue weighted by Gasteiger charge is -2.18. The van der Waals surface area contributed by atoms with Gasteiger partial charge in [-0.1, -0.05) is 20.4 Å². The Bertz CT molecular complexity index is 132. The minimum Gasteiger partial charge on any atom is -0.302 e. The van der Waals surface area contributed by atoms with E-state index in [4.69, 9.17) is 11.6 Å². The Labute approximate surface area is 81.4 Å². The standard InChI is InChI=1S/C10H20ClN/c1-9(2)5-6-12(4)8-10(3)7-11/h9H,3,5-8H2,1-2,4H3. The lowest BCUT2D eigenvalue weighted by atomic mass is 10.1. The van der Waals surface area contributed by atoms with Crippen LogP contribution in [0, 0.1) is 5.92 Å². The minimum atomic E-state index is 0.575. The summed E-state index contributed by atoms with van der Waals surface area (Å²) in [7, 11) is 2.11. The van der Waals surface area contributed by atoms with Crippen LogP contribution in [-0.4, -0.2) is 30.9 Å². The molecule has 0 amide bonds. The Hall–Kier alpha value is -0.0100. The van der Waals surface area contributed by atoms with E-state index in [2.05, 4.69) is 32.4 Å². The van der Waals surface area contributed by atoms with E-state index in [1.807, 2.05) is 0 Å². The highest BCUT2D eigenvalue weighted by Gasteiger charge is 2.01. The molecule has 0 heterocycles. The van der Waals surface area contributed by atoms with Crippen molar-refractivity contribution < 1.29 is 0 Å². The fourth-order valence-corrected chi connectivity index (χ4v) is 1.07. The van der Waals surface area contributed by atoms with E-state index in [0.717, 1.165) is 24.6 Å². The molecule has 0 bridgehead atoms. The summed E-state index contributed by atoms with van der Waals surface area (Å²) in [5.41, 5.74) is 1.10. The number of alkyl halides is 1. The molecule has 1 nitrogen and oxygen atoms in total. The summed E-state index contributed by atoms with van der Waals surface area (Å²) in [5, 5.41) is 0. The highest BCUT2D eigenvalue weighted by Crippen LogP contribution is 2.03. The fraction of sp³-hybridized carbons (Fsp3) is 0.800. The molecule has 0 saturated heterocycles.